The number of carbonyl (C=O) groups is 5. The topological polar surface area (TPSA) is 202 Å². The fourth-order valence-electron chi connectivity index (χ4n) is 9.62. The third kappa shape index (κ3) is 12.3. The van der Waals surface area contributed by atoms with Gasteiger partial charge in [-0.1, -0.05) is 74.9 Å². The number of fused-ring (bicyclic) bond motifs is 4. The van der Waals surface area contributed by atoms with E-state index in [4.69, 9.17) is 29.2 Å². The van der Waals surface area contributed by atoms with Gasteiger partial charge in [-0.05, 0) is 139 Å². The van der Waals surface area contributed by atoms with E-state index in [2.05, 4.69) is 86.7 Å². The standard InChI is InChI=1S/C27H32N2O5.C23H26N2O3.C4H6O3.C2H6.CH4/c1-26(2,3)23-14-17-13-19(7-8-20(17)29(23)12-4-5-24(30)31)28-25(32)27(10-11-27)18-6-9-21-22(15-18)34-16-33-21;1-22(2,3)20-11-14-10-16(5-6-17(14)25-20)24-21(26)23(8-9-23)15-4-7-18-19(12-15)28-13-27-18;5-3-1-2-4(6)7;1-2;/h6-9,13,15,23H,4-5,10-12,14,16H2,1-3H3,(H,28,32)(H,30,31);4-7,10,12,20,25H,8-9,11,13H2,1-3H3,(H,24,26);3H,1-2H2,(H,6,7);1-2H3;1H4. The number of nitrogens with zero attached hydrogens (tertiary/aromatic N) is 1. The third-order valence-electron chi connectivity index (χ3n) is 14.1. The number of hydrogen-bond donors (Lipinski definition) is 5. The molecule has 4 heterocycles. The highest BCUT2D eigenvalue weighted by Crippen LogP contribution is 2.53. The molecule has 0 bridgehead atoms. The van der Waals surface area contributed by atoms with Crippen LogP contribution in [0.25, 0.3) is 0 Å². The van der Waals surface area contributed by atoms with E-state index in [0.29, 0.717) is 31.0 Å². The predicted molar refractivity (Wildman–Crippen MR) is 280 cm³/mol. The van der Waals surface area contributed by atoms with Crippen molar-refractivity contribution >= 4 is 52.8 Å². The second-order valence-corrected chi connectivity index (χ2v) is 21.1. The van der Waals surface area contributed by atoms with Gasteiger partial charge in [-0.2, -0.15) is 0 Å². The third-order valence-corrected chi connectivity index (χ3v) is 14.1. The molecule has 2 unspecified atom stereocenters. The quantitative estimate of drug-likeness (QED) is 0.0793. The lowest BCUT2D eigenvalue weighted by atomic mass is 9.84. The maximum atomic E-state index is 13.3. The summed E-state index contributed by atoms with van der Waals surface area (Å²) in [5.74, 6) is 1.28. The molecule has 0 spiro atoms. The summed E-state index contributed by atoms with van der Waals surface area (Å²) in [5.41, 5.74) is 7.69. The Morgan fingerprint density at radius 2 is 1.17 bits per heavy atom. The largest absolute Gasteiger partial charge is 0.481 e. The van der Waals surface area contributed by atoms with E-state index < -0.39 is 22.8 Å². The zero-order valence-electron chi connectivity index (χ0n) is 42.4. The van der Waals surface area contributed by atoms with Crippen molar-refractivity contribution in [2.24, 2.45) is 10.8 Å². The number of carboxylic acid groups (broad SMARTS) is 2. The molecule has 2 atom stereocenters. The Labute approximate surface area is 424 Å². The molecule has 0 aromatic heterocycles. The van der Waals surface area contributed by atoms with Crippen LogP contribution >= 0.6 is 0 Å². The molecular formula is C57H74N4O11. The minimum atomic E-state index is -0.924. The van der Waals surface area contributed by atoms with Gasteiger partial charge in [-0.3, -0.25) is 19.2 Å². The van der Waals surface area contributed by atoms with Crippen molar-refractivity contribution in [1.29, 1.82) is 0 Å². The molecule has 10 rings (SSSR count). The molecule has 5 N–H and O–H groups in total. The normalized spacial score (nSPS) is 18.3. The van der Waals surface area contributed by atoms with E-state index in [1.807, 2.05) is 62.4 Å². The highest BCUT2D eigenvalue weighted by atomic mass is 16.7. The smallest absolute Gasteiger partial charge is 0.303 e. The lowest BCUT2D eigenvalue weighted by Gasteiger charge is -2.37. The van der Waals surface area contributed by atoms with Gasteiger partial charge >= 0.3 is 11.9 Å². The Balaban J connectivity index is 0.000000202. The summed E-state index contributed by atoms with van der Waals surface area (Å²) in [4.78, 5) is 58.9. The molecule has 2 fully saturated rings. The van der Waals surface area contributed by atoms with Crippen LogP contribution in [0.4, 0.5) is 22.7 Å². The molecule has 388 valence electrons. The van der Waals surface area contributed by atoms with Crippen molar-refractivity contribution in [3.05, 3.63) is 95.1 Å². The number of aldehydes is 1. The number of anilines is 4. The number of hydrogen-bond acceptors (Lipinski definition) is 11. The zero-order valence-corrected chi connectivity index (χ0v) is 42.4. The lowest BCUT2D eigenvalue weighted by molar-refractivity contribution is -0.138. The van der Waals surface area contributed by atoms with Crippen molar-refractivity contribution < 1.29 is 53.1 Å². The van der Waals surface area contributed by atoms with Crippen molar-refractivity contribution in [3.63, 3.8) is 0 Å². The molecule has 2 saturated carbocycles. The summed E-state index contributed by atoms with van der Waals surface area (Å²) in [6.07, 6.45) is 6.64. The van der Waals surface area contributed by atoms with Crippen LogP contribution in [0, 0.1) is 10.8 Å². The van der Waals surface area contributed by atoms with Gasteiger partial charge in [0, 0.05) is 54.2 Å². The van der Waals surface area contributed by atoms with E-state index in [1.54, 1.807) is 0 Å². The second kappa shape index (κ2) is 22.3. The van der Waals surface area contributed by atoms with Gasteiger partial charge in [0.25, 0.3) is 0 Å². The van der Waals surface area contributed by atoms with Crippen LogP contribution in [0.2, 0.25) is 0 Å². The molecule has 4 aromatic carbocycles. The minimum absolute atomic E-state index is 0. The summed E-state index contributed by atoms with van der Waals surface area (Å²) in [6, 6.07) is 24.6. The van der Waals surface area contributed by atoms with Gasteiger partial charge in [-0.25, -0.2) is 0 Å². The molecule has 2 aliphatic carbocycles. The summed E-state index contributed by atoms with van der Waals surface area (Å²) >= 11 is 0. The van der Waals surface area contributed by atoms with Gasteiger partial charge in [0.15, 0.2) is 23.0 Å². The summed E-state index contributed by atoms with van der Waals surface area (Å²) in [7, 11) is 0. The Morgan fingerprint density at radius 1 is 0.667 bits per heavy atom. The van der Waals surface area contributed by atoms with E-state index in [-0.39, 0.29) is 69.0 Å². The number of benzene rings is 4. The van der Waals surface area contributed by atoms with E-state index in [9.17, 15) is 24.0 Å². The molecular weight excluding hydrogens is 917 g/mol. The van der Waals surface area contributed by atoms with Crippen LogP contribution in [0.15, 0.2) is 72.8 Å². The molecule has 72 heavy (non-hydrogen) atoms. The Hall–Kier alpha value is -6.77. The number of rotatable bonds is 13. The van der Waals surface area contributed by atoms with Crippen molar-refractivity contribution in [3.8, 4) is 23.0 Å². The van der Waals surface area contributed by atoms with E-state index in [0.717, 1.165) is 84.0 Å². The molecule has 15 heteroatoms. The monoisotopic (exact) mass is 991 g/mol. The van der Waals surface area contributed by atoms with Crippen LogP contribution in [0.1, 0.15) is 136 Å². The average molecular weight is 991 g/mol. The summed E-state index contributed by atoms with van der Waals surface area (Å²) in [5, 5.41) is 26.9. The number of ether oxygens (including phenoxy) is 4. The molecule has 2 amide bonds. The Kier molecular flexibility index (Phi) is 16.9. The molecule has 15 nitrogen and oxygen atoms in total. The number of aliphatic carboxylic acids is 2. The SMILES string of the molecule is C.CC.CC(C)(C)C1Cc2cc(NC(=O)C3(c4ccc5c(c4)OCO5)CC3)ccc2N1.CC(C)(C)C1Cc2cc(NC(=O)C3(c4ccc5c(c4)OCO5)CC3)ccc2N1CCCC(=O)O.O=CCCC(=O)O. The number of nitrogens with one attached hydrogen (secondary N) is 3. The molecule has 4 aliphatic heterocycles. The van der Waals surface area contributed by atoms with Gasteiger partial charge in [0.05, 0.1) is 17.3 Å². The maximum absolute atomic E-state index is 13.3. The lowest BCUT2D eigenvalue weighted by Crippen LogP contribution is -2.42. The highest BCUT2D eigenvalue weighted by Gasteiger charge is 2.53. The fourth-order valence-corrected chi connectivity index (χ4v) is 9.62. The summed E-state index contributed by atoms with van der Waals surface area (Å²) in [6.45, 7) is 18.6. The van der Waals surface area contributed by atoms with Gasteiger partial charge < -0.3 is 54.8 Å². The highest BCUT2D eigenvalue weighted by molar-refractivity contribution is 6.02. The second-order valence-electron chi connectivity index (χ2n) is 21.1. The van der Waals surface area contributed by atoms with Crippen molar-refractivity contribution in [2.75, 3.05) is 41.0 Å². The van der Waals surface area contributed by atoms with E-state index in [1.165, 1.54) is 16.8 Å². The Morgan fingerprint density at radius 3 is 1.62 bits per heavy atom. The van der Waals surface area contributed by atoms with Gasteiger partial charge in [0.1, 0.15) is 6.29 Å². The Bertz CT molecular complexity index is 2620. The number of amides is 2. The first-order valence-electron chi connectivity index (χ1n) is 24.9. The zero-order chi connectivity index (χ0) is 51.3. The van der Waals surface area contributed by atoms with Gasteiger partial charge in [-0.15, -0.1) is 0 Å². The molecule has 0 saturated heterocycles. The van der Waals surface area contributed by atoms with E-state index >= 15 is 0 Å². The molecule has 6 aliphatic rings. The van der Waals surface area contributed by atoms with Crippen molar-refractivity contribution in [2.45, 2.75) is 150 Å². The van der Waals surface area contributed by atoms with Crippen LogP contribution in [0.5, 0.6) is 23.0 Å². The first-order valence-corrected chi connectivity index (χ1v) is 24.9. The predicted octanol–water partition coefficient (Wildman–Crippen LogP) is 10.9. The van der Waals surface area contributed by atoms with Crippen LogP contribution in [-0.2, 0) is 47.6 Å². The van der Waals surface area contributed by atoms with Crippen molar-refractivity contribution in [1.82, 2.24) is 0 Å². The maximum Gasteiger partial charge on any atom is 0.303 e. The minimum Gasteiger partial charge on any atom is -0.481 e. The van der Waals surface area contributed by atoms with Crippen LogP contribution < -0.4 is 39.8 Å². The molecule has 4 aromatic rings. The average Bonchev–Trinajstić information content (AvgIpc) is 4.06. The fraction of sp³-hybridized carbons (Fsp3) is 0.491. The first kappa shape index (κ1) is 54.6. The number of carboxylic acids is 2. The van der Waals surface area contributed by atoms with Crippen LogP contribution in [-0.4, -0.2) is 72.5 Å². The number of carbonyl (C=O) groups excluding carboxylic acids is 3. The van der Waals surface area contributed by atoms with Crippen LogP contribution in [0.3, 0.4) is 0 Å². The first-order chi connectivity index (χ1) is 33.8. The van der Waals surface area contributed by atoms with Gasteiger partial charge in [0.2, 0.25) is 25.4 Å². The molecule has 0 radical (unpaired) electrons. The summed E-state index contributed by atoms with van der Waals surface area (Å²) < 4.78 is 21.8.